The number of hydrogen-bond acceptors (Lipinski definition) is 5. The van der Waals surface area contributed by atoms with Gasteiger partial charge in [-0.1, -0.05) is 36.4 Å². The van der Waals surface area contributed by atoms with Crippen molar-refractivity contribution >= 4 is 5.91 Å². The van der Waals surface area contributed by atoms with Gasteiger partial charge in [0.2, 0.25) is 0 Å². The first kappa shape index (κ1) is 20.8. The molecule has 0 unspecified atom stereocenters. The Kier molecular flexibility index (Phi) is 6.09. The summed E-state index contributed by atoms with van der Waals surface area (Å²) >= 11 is 0. The van der Waals surface area contributed by atoms with Gasteiger partial charge in [-0.15, -0.1) is 0 Å². The highest BCUT2D eigenvalue weighted by Gasteiger charge is 2.52. The normalized spacial score (nSPS) is 23.0. The number of rotatable bonds is 7. The minimum absolute atomic E-state index is 0.0228. The third-order valence-corrected chi connectivity index (χ3v) is 6.32. The smallest absolute Gasteiger partial charge is 0.251 e. The molecule has 2 aliphatic heterocycles. The molecule has 4 rings (SSSR count). The van der Waals surface area contributed by atoms with Crippen molar-refractivity contribution in [3.63, 3.8) is 0 Å². The Bertz CT molecular complexity index is 902. The van der Waals surface area contributed by atoms with Crippen molar-refractivity contribution in [2.45, 2.75) is 31.2 Å². The fourth-order valence-electron chi connectivity index (χ4n) is 4.65. The van der Waals surface area contributed by atoms with Gasteiger partial charge < -0.3 is 19.1 Å². The van der Waals surface area contributed by atoms with E-state index in [1.54, 1.807) is 19.1 Å². The Morgan fingerprint density at radius 2 is 2.07 bits per heavy atom. The van der Waals surface area contributed by atoms with Gasteiger partial charge in [-0.2, -0.15) is 0 Å². The van der Waals surface area contributed by atoms with Gasteiger partial charge in [-0.05, 0) is 28.8 Å². The maximum atomic E-state index is 13.0. The summed E-state index contributed by atoms with van der Waals surface area (Å²) in [5.74, 6) is 0.878. The third-order valence-electron chi connectivity index (χ3n) is 6.32. The molecule has 1 spiro atoms. The van der Waals surface area contributed by atoms with Crippen LogP contribution in [0.25, 0.3) is 0 Å². The van der Waals surface area contributed by atoms with Crippen LogP contribution in [0.3, 0.4) is 0 Å². The highest BCUT2D eigenvalue weighted by molar-refractivity contribution is 5.81. The summed E-state index contributed by atoms with van der Waals surface area (Å²) in [5.41, 5.74) is 3.49. The number of ether oxygens (including phenoxy) is 3. The summed E-state index contributed by atoms with van der Waals surface area (Å²) in [5, 5.41) is 0. The zero-order valence-electron chi connectivity index (χ0n) is 18.0. The van der Waals surface area contributed by atoms with Crippen molar-refractivity contribution in [3.05, 3.63) is 65.2 Å². The number of benzene rings is 2. The molecular formula is C24H30N2O4. The molecular weight excluding hydrogens is 380 g/mol. The van der Waals surface area contributed by atoms with Crippen molar-refractivity contribution in [1.29, 1.82) is 0 Å². The second-order valence-corrected chi connectivity index (χ2v) is 8.15. The van der Waals surface area contributed by atoms with Gasteiger partial charge in [0, 0.05) is 40.2 Å². The van der Waals surface area contributed by atoms with Crippen LogP contribution < -0.4 is 4.74 Å². The Morgan fingerprint density at radius 3 is 2.87 bits per heavy atom. The van der Waals surface area contributed by atoms with E-state index in [0.717, 1.165) is 18.8 Å². The molecule has 160 valence electrons. The monoisotopic (exact) mass is 410 g/mol. The first-order valence-corrected chi connectivity index (χ1v) is 10.4. The Hall–Kier alpha value is -2.41. The van der Waals surface area contributed by atoms with Gasteiger partial charge in [0.15, 0.2) is 0 Å². The van der Waals surface area contributed by atoms with Crippen molar-refractivity contribution in [2.24, 2.45) is 0 Å². The topological polar surface area (TPSA) is 51.2 Å². The second kappa shape index (κ2) is 8.76. The summed E-state index contributed by atoms with van der Waals surface area (Å²) in [6.07, 6.45) is 0.218. The lowest BCUT2D eigenvalue weighted by Gasteiger charge is -2.35. The minimum Gasteiger partial charge on any atom is -0.497 e. The molecule has 2 heterocycles. The Balaban J connectivity index is 1.59. The first-order chi connectivity index (χ1) is 14.6. The first-order valence-electron chi connectivity index (χ1n) is 10.4. The average Bonchev–Trinajstić information content (AvgIpc) is 3.35. The van der Waals surface area contributed by atoms with Crippen LogP contribution in [0.1, 0.15) is 23.1 Å². The number of nitrogens with zero attached hydrogens (tertiary/aromatic N) is 2. The van der Waals surface area contributed by atoms with Crippen LogP contribution in [0, 0.1) is 0 Å². The average molecular weight is 411 g/mol. The molecule has 0 radical (unpaired) electrons. The van der Waals surface area contributed by atoms with Gasteiger partial charge >= 0.3 is 0 Å². The molecule has 1 amide bonds. The number of amides is 1. The molecule has 1 fully saturated rings. The quantitative estimate of drug-likeness (QED) is 0.703. The zero-order chi connectivity index (χ0) is 21.1. The summed E-state index contributed by atoms with van der Waals surface area (Å²) in [7, 11) is 5.14. The van der Waals surface area contributed by atoms with Crippen LogP contribution >= 0.6 is 0 Å². The molecule has 0 aromatic heterocycles. The van der Waals surface area contributed by atoms with Crippen molar-refractivity contribution < 1.29 is 19.0 Å². The number of fused-ring (bicyclic) bond motifs is 2. The highest BCUT2D eigenvalue weighted by Crippen LogP contribution is 2.47. The van der Waals surface area contributed by atoms with E-state index in [1.165, 1.54) is 16.7 Å². The van der Waals surface area contributed by atoms with E-state index in [4.69, 9.17) is 14.2 Å². The molecule has 2 atom stereocenters. The molecule has 30 heavy (non-hydrogen) atoms. The Labute approximate surface area is 178 Å². The maximum absolute atomic E-state index is 13.0. The number of likely N-dealkylation sites (N-methyl/N-ethyl adjacent to an activating group) is 1. The van der Waals surface area contributed by atoms with Crippen LogP contribution in [0.15, 0.2) is 48.5 Å². The van der Waals surface area contributed by atoms with Crippen molar-refractivity contribution in [3.8, 4) is 5.75 Å². The zero-order valence-corrected chi connectivity index (χ0v) is 18.0. The Morgan fingerprint density at radius 1 is 1.23 bits per heavy atom. The SMILES string of the molecule is COCCN(C)C(=O)[C@@H]1C[C@@]2(CO1)c1ccccc1CN2Cc1cccc(OC)c1. The largest absolute Gasteiger partial charge is 0.497 e. The molecule has 6 heteroatoms. The minimum atomic E-state index is -0.439. The molecule has 2 aromatic carbocycles. The fraction of sp³-hybridized carbons (Fsp3) is 0.458. The lowest BCUT2D eigenvalue weighted by Crippen LogP contribution is -2.43. The lowest BCUT2D eigenvalue weighted by molar-refractivity contribution is -0.140. The lowest BCUT2D eigenvalue weighted by atomic mass is 9.86. The molecule has 2 aromatic rings. The van der Waals surface area contributed by atoms with Crippen LogP contribution in [0.5, 0.6) is 5.75 Å². The van der Waals surface area contributed by atoms with Crippen molar-refractivity contribution in [2.75, 3.05) is 41.0 Å². The van der Waals surface area contributed by atoms with E-state index < -0.39 is 6.10 Å². The van der Waals surface area contributed by atoms with Gasteiger partial charge in [0.25, 0.3) is 5.91 Å². The van der Waals surface area contributed by atoms with Gasteiger partial charge in [0.05, 0.1) is 25.9 Å². The fourth-order valence-corrected chi connectivity index (χ4v) is 4.65. The molecule has 0 bridgehead atoms. The molecule has 0 saturated carbocycles. The maximum Gasteiger partial charge on any atom is 0.251 e. The number of carbonyl (C=O) groups excluding carboxylic acids is 1. The standard InChI is InChI=1S/C24H30N2O4/c1-25(11-12-28-2)23(27)22-14-24(17-30-22)21-10-5-4-8-19(21)16-26(24)15-18-7-6-9-20(13-18)29-3/h4-10,13,22H,11-12,14-17H2,1-3H3/t22-,24+/m0/s1. The van der Waals surface area contributed by atoms with Gasteiger partial charge in [-0.3, -0.25) is 9.69 Å². The summed E-state index contributed by atoms with van der Waals surface area (Å²) < 4.78 is 16.6. The molecule has 0 aliphatic carbocycles. The van der Waals surface area contributed by atoms with E-state index in [9.17, 15) is 4.79 Å². The van der Waals surface area contributed by atoms with E-state index in [2.05, 4.69) is 41.3 Å². The molecule has 2 aliphatic rings. The molecule has 0 N–H and O–H groups in total. The van der Waals surface area contributed by atoms with Gasteiger partial charge in [0.1, 0.15) is 11.9 Å². The number of methoxy groups -OCH3 is 2. The van der Waals surface area contributed by atoms with E-state index in [-0.39, 0.29) is 11.4 Å². The number of carbonyl (C=O) groups is 1. The molecule has 1 saturated heterocycles. The predicted molar refractivity (Wildman–Crippen MR) is 114 cm³/mol. The van der Waals surface area contributed by atoms with E-state index in [0.29, 0.717) is 26.2 Å². The van der Waals surface area contributed by atoms with Crippen molar-refractivity contribution in [1.82, 2.24) is 9.80 Å². The molecule has 6 nitrogen and oxygen atoms in total. The summed E-state index contributed by atoms with van der Waals surface area (Å²) in [6.45, 7) is 3.21. The van der Waals surface area contributed by atoms with Crippen LogP contribution in [0.2, 0.25) is 0 Å². The van der Waals surface area contributed by atoms with Crippen LogP contribution in [0.4, 0.5) is 0 Å². The van der Waals surface area contributed by atoms with Gasteiger partial charge in [-0.25, -0.2) is 0 Å². The highest BCUT2D eigenvalue weighted by atomic mass is 16.5. The van der Waals surface area contributed by atoms with E-state index in [1.807, 2.05) is 19.2 Å². The predicted octanol–water partition coefficient (Wildman–Crippen LogP) is 2.80. The second-order valence-electron chi connectivity index (χ2n) is 8.15. The summed E-state index contributed by atoms with van der Waals surface area (Å²) in [6, 6.07) is 16.7. The van der Waals surface area contributed by atoms with E-state index >= 15 is 0 Å². The number of hydrogen-bond donors (Lipinski definition) is 0. The van der Waals surface area contributed by atoms with Crippen LogP contribution in [-0.4, -0.2) is 62.8 Å². The third kappa shape index (κ3) is 3.83. The summed E-state index contributed by atoms with van der Waals surface area (Å²) in [4.78, 5) is 17.1. The van der Waals surface area contributed by atoms with Crippen LogP contribution in [-0.2, 0) is 32.9 Å².